The zero-order valence-corrected chi connectivity index (χ0v) is 11.6. The second kappa shape index (κ2) is 5.14. The zero-order chi connectivity index (χ0) is 10.1. The highest BCUT2D eigenvalue weighted by Crippen LogP contribution is 2.42. The molecule has 3 aliphatic rings. The van der Waals surface area contributed by atoms with Crippen molar-refractivity contribution in [2.24, 2.45) is 5.92 Å². The monoisotopic (exact) mass is 260 g/mol. The van der Waals surface area contributed by atoms with E-state index < -0.39 is 0 Å². The molecule has 3 fully saturated rings. The Bertz CT molecular complexity index is 191. The van der Waals surface area contributed by atoms with Gasteiger partial charge in [0.1, 0.15) is 0 Å². The highest BCUT2D eigenvalue weighted by Gasteiger charge is 2.30. The van der Waals surface area contributed by atoms with Gasteiger partial charge in [0.05, 0.1) is 0 Å². The summed E-state index contributed by atoms with van der Waals surface area (Å²) in [5.74, 6) is 5.46. The smallest absolute Gasteiger partial charge is 0.0141 e. The lowest BCUT2D eigenvalue weighted by Crippen LogP contribution is -2.06. The summed E-state index contributed by atoms with van der Waals surface area (Å²) in [4.78, 5) is 0. The van der Waals surface area contributed by atoms with E-state index in [-0.39, 0.29) is 0 Å². The van der Waals surface area contributed by atoms with Crippen LogP contribution in [0.4, 0.5) is 0 Å². The van der Waals surface area contributed by atoms with E-state index in [1.807, 2.05) is 0 Å². The van der Waals surface area contributed by atoms with Crippen molar-refractivity contribution in [3.8, 4) is 0 Å². The molecule has 3 saturated heterocycles. The summed E-state index contributed by atoms with van der Waals surface area (Å²) in [7, 11) is 0. The van der Waals surface area contributed by atoms with E-state index in [1.54, 1.807) is 6.42 Å². The second-order valence-corrected chi connectivity index (χ2v) is 9.12. The Balaban J connectivity index is 1.35. The van der Waals surface area contributed by atoms with Crippen LogP contribution in [0.3, 0.4) is 0 Å². The molecule has 15 heavy (non-hydrogen) atoms. The molecule has 3 heterocycles. The van der Waals surface area contributed by atoms with Gasteiger partial charge in [-0.15, -0.1) is 0 Å². The van der Waals surface area contributed by atoms with E-state index >= 15 is 0 Å². The van der Waals surface area contributed by atoms with Crippen LogP contribution in [-0.2, 0) is 0 Å². The van der Waals surface area contributed by atoms with Gasteiger partial charge in [-0.1, -0.05) is 0 Å². The molecule has 0 radical (unpaired) electrons. The standard InChI is InChI=1S/C12H20S3/c1(3-10-6-13-10)9(5-12-8-15-12)2-4-11-7-14-11/h9-12H,1-8H2. The molecule has 3 aliphatic heterocycles. The van der Waals surface area contributed by atoms with E-state index in [1.165, 1.54) is 42.9 Å². The summed E-state index contributed by atoms with van der Waals surface area (Å²) < 4.78 is 0. The van der Waals surface area contributed by atoms with Gasteiger partial charge in [-0.25, -0.2) is 0 Å². The fourth-order valence-electron chi connectivity index (χ4n) is 2.27. The topological polar surface area (TPSA) is 0 Å². The van der Waals surface area contributed by atoms with Crippen LogP contribution >= 0.6 is 35.3 Å². The number of hydrogen-bond acceptors (Lipinski definition) is 3. The molecule has 0 N–H and O–H groups in total. The van der Waals surface area contributed by atoms with Crippen LogP contribution in [0.1, 0.15) is 32.1 Å². The molecule has 0 aromatic heterocycles. The van der Waals surface area contributed by atoms with E-state index in [2.05, 4.69) is 35.3 Å². The summed E-state index contributed by atoms with van der Waals surface area (Å²) in [5, 5.41) is 3.19. The SMILES string of the molecule is C(CC1CS1)C(CCC1CS1)CC1CS1. The van der Waals surface area contributed by atoms with Gasteiger partial charge in [0.15, 0.2) is 0 Å². The summed E-state index contributed by atoms with van der Waals surface area (Å²) >= 11 is 6.53. The third-order valence-electron chi connectivity index (χ3n) is 3.60. The molecule has 0 nitrogen and oxygen atoms in total. The summed E-state index contributed by atoms with van der Waals surface area (Å²) in [6.45, 7) is 0. The predicted octanol–water partition coefficient (Wildman–Crippen LogP) is 3.90. The number of thioether (sulfide) groups is 3. The van der Waals surface area contributed by atoms with Crippen molar-refractivity contribution in [3.05, 3.63) is 0 Å². The van der Waals surface area contributed by atoms with Crippen molar-refractivity contribution in [1.82, 2.24) is 0 Å². The third kappa shape index (κ3) is 4.43. The molecule has 86 valence electrons. The Morgan fingerprint density at radius 1 is 0.800 bits per heavy atom. The summed E-state index contributed by atoms with van der Waals surface area (Å²) in [6, 6.07) is 0. The van der Waals surface area contributed by atoms with Gasteiger partial charge in [0.25, 0.3) is 0 Å². The first kappa shape index (κ1) is 11.2. The minimum Gasteiger partial charge on any atom is -0.157 e. The first-order valence-corrected chi connectivity index (χ1v) is 9.39. The molecule has 3 heteroatoms. The molecule has 3 rings (SSSR count). The lowest BCUT2D eigenvalue weighted by molar-refractivity contribution is 0.410. The largest absolute Gasteiger partial charge is 0.157 e. The maximum Gasteiger partial charge on any atom is 0.0141 e. The number of hydrogen-bond donors (Lipinski definition) is 0. The van der Waals surface area contributed by atoms with E-state index in [9.17, 15) is 0 Å². The Hall–Kier alpha value is 1.05. The van der Waals surface area contributed by atoms with Crippen molar-refractivity contribution in [2.45, 2.75) is 47.9 Å². The fraction of sp³-hybridized carbons (Fsp3) is 1.00. The third-order valence-corrected chi connectivity index (χ3v) is 6.68. The summed E-state index contributed by atoms with van der Waals surface area (Å²) in [6.07, 6.45) is 7.65. The second-order valence-electron chi connectivity index (χ2n) is 5.12. The average molecular weight is 260 g/mol. The molecule has 0 amide bonds. The lowest BCUT2D eigenvalue weighted by atomic mass is 9.92. The first-order chi connectivity index (χ1) is 7.40. The van der Waals surface area contributed by atoms with E-state index in [0.29, 0.717) is 0 Å². The van der Waals surface area contributed by atoms with Crippen molar-refractivity contribution in [1.29, 1.82) is 0 Å². The van der Waals surface area contributed by atoms with Gasteiger partial charge >= 0.3 is 0 Å². The van der Waals surface area contributed by atoms with E-state index in [0.717, 1.165) is 21.7 Å². The lowest BCUT2D eigenvalue weighted by Gasteiger charge is -2.15. The maximum absolute atomic E-state index is 2.19. The Morgan fingerprint density at radius 3 is 1.67 bits per heavy atom. The molecule has 0 aromatic carbocycles. The van der Waals surface area contributed by atoms with Crippen LogP contribution in [-0.4, -0.2) is 33.0 Å². The van der Waals surface area contributed by atoms with Gasteiger partial charge in [0, 0.05) is 33.0 Å². The molecule has 0 bridgehead atoms. The van der Waals surface area contributed by atoms with Crippen LogP contribution in [0.5, 0.6) is 0 Å². The maximum atomic E-state index is 2.19. The Kier molecular flexibility index (Phi) is 3.82. The molecule has 0 spiro atoms. The zero-order valence-electron chi connectivity index (χ0n) is 9.19. The van der Waals surface area contributed by atoms with Crippen LogP contribution in [0.25, 0.3) is 0 Å². The van der Waals surface area contributed by atoms with Crippen molar-refractivity contribution in [2.75, 3.05) is 17.3 Å². The average Bonchev–Trinajstić information content (AvgIpc) is 3.12. The van der Waals surface area contributed by atoms with Gasteiger partial charge in [-0.05, 0) is 38.0 Å². The number of rotatable bonds is 8. The molecule has 0 saturated carbocycles. The highest BCUT2D eigenvalue weighted by molar-refractivity contribution is 8.07. The molecule has 0 aromatic rings. The van der Waals surface area contributed by atoms with Crippen molar-refractivity contribution in [3.63, 3.8) is 0 Å². The molecule has 3 atom stereocenters. The van der Waals surface area contributed by atoms with Crippen LogP contribution < -0.4 is 0 Å². The first-order valence-electron chi connectivity index (χ1n) is 6.25. The van der Waals surface area contributed by atoms with E-state index in [4.69, 9.17) is 0 Å². The molecular formula is C12H20S3. The molecule has 0 aliphatic carbocycles. The summed E-state index contributed by atoms with van der Waals surface area (Å²) in [5.41, 5.74) is 0. The van der Waals surface area contributed by atoms with Gasteiger partial charge in [-0.3, -0.25) is 0 Å². The van der Waals surface area contributed by atoms with Crippen LogP contribution in [0.2, 0.25) is 0 Å². The molecular weight excluding hydrogens is 240 g/mol. The van der Waals surface area contributed by atoms with Gasteiger partial charge in [0.2, 0.25) is 0 Å². The van der Waals surface area contributed by atoms with Crippen molar-refractivity contribution >= 4 is 35.3 Å². The minimum absolute atomic E-state index is 1.06. The Labute approximate surface area is 106 Å². The fourth-order valence-corrected chi connectivity index (χ4v) is 4.16. The quantitative estimate of drug-likeness (QED) is 0.608. The van der Waals surface area contributed by atoms with Crippen molar-refractivity contribution < 1.29 is 0 Å². The normalized spacial score (nSPS) is 38.8. The van der Waals surface area contributed by atoms with Gasteiger partial charge in [-0.2, -0.15) is 35.3 Å². The van der Waals surface area contributed by atoms with Crippen LogP contribution in [0, 0.1) is 5.92 Å². The Morgan fingerprint density at radius 2 is 1.27 bits per heavy atom. The highest BCUT2D eigenvalue weighted by atomic mass is 32.2. The molecule has 3 unspecified atom stereocenters. The minimum atomic E-state index is 1.06. The van der Waals surface area contributed by atoms with Crippen LogP contribution in [0.15, 0.2) is 0 Å². The predicted molar refractivity (Wildman–Crippen MR) is 75.3 cm³/mol. The van der Waals surface area contributed by atoms with Gasteiger partial charge < -0.3 is 0 Å².